The Balaban J connectivity index is 1.35. The maximum Gasteiger partial charge on any atom is 0.251 e. The lowest BCUT2D eigenvalue weighted by Crippen LogP contribution is -2.31. The smallest absolute Gasteiger partial charge is 0.251 e. The van der Waals surface area contributed by atoms with Crippen molar-refractivity contribution in [2.24, 2.45) is 0 Å². The van der Waals surface area contributed by atoms with Gasteiger partial charge < -0.3 is 15.4 Å². The van der Waals surface area contributed by atoms with E-state index in [1.165, 1.54) is 4.88 Å². The topological polar surface area (TPSA) is 76.1 Å². The van der Waals surface area contributed by atoms with Gasteiger partial charge in [0, 0.05) is 30.1 Å². The lowest BCUT2D eigenvalue weighted by molar-refractivity contribution is 0.0858. The number of amides is 1. The molecular weight excluding hydrogens is 360 g/mol. The van der Waals surface area contributed by atoms with E-state index >= 15 is 0 Å². The van der Waals surface area contributed by atoms with Crippen LogP contribution in [0.5, 0.6) is 0 Å². The summed E-state index contributed by atoms with van der Waals surface area (Å²) < 4.78 is 5.53. The number of carbonyl (C=O) groups is 1. The van der Waals surface area contributed by atoms with E-state index in [0.717, 1.165) is 41.0 Å². The first-order valence-corrected chi connectivity index (χ1v) is 9.94. The van der Waals surface area contributed by atoms with E-state index in [-0.39, 0.29) is 12.0 Å². The quantitative estimate of drug-likeness (QED) is 0.682. The zero-order chi connectivity index (χ0) is 18.6. The highest BCUT2D eigenvalue weighted by Gasteiger charge is 2.16. The molecule has 140 valence electrons. The SMILES string of the molecule is Cc1cc2c(NCc3ccc(C(=O)NCC4CCCO4)cc3)ncnc2s1. The zero-order valence-corrected chi connectivity index (χ0v) is 16.0. The first-order chi connectivity index (χ1) is 13.2. The zero-order valence-electron chi connectivity index (χ0n) is 15.2. The minimum atomic E-state index is -0.0590. The Morgan fingerprint density at radius 1 is 1.30 bits per heavy atom. The monoisotopic (exact) mass is 382 g/mol. The summed E-state index contributed by atoms with van der Waals surface area (Å²) in [5.41, 5.74) is 1.75. The second-order valence-electron chi connectivity index (χ2n) is 6.69. The van der Waals surface area contributed by atoms with Gasteiger partial charge in [0.25, 0.3) is 5.91 Å². The van der Waals surface area contributed by atoms with Gasteiger partial charge in [0.15, 0.2) is 0 Å². The molecule has 3 aromatic rings. The van der Waals surface area contributed by atoms with Gasteiger partial charge in [-0.2, -0.15) is 0 Å². The second-order valence-corrected chi connectivity index (χ2v) is 7.93. The molecule has 6 nitrogen and oxygen atoms in total. The largest absolute Gasteiger partial charge is 0.376 e. The summed E-state index contributed by atoms with van der Waals surface area (Å²) in [6, 6.07) is 9.73. The molecule has 0 radical (unpaired) electrons. The van der Waals surface area contributed by atoms with Crippen molar-refractivity contribution in [1.29, 1.82) is 0 Å². The molecule has 1 aliphatic heterocycles. The maximum absolute atomic E-state index is 12.2. The van der Waals surface area contributed by atoms with E-state index in [0.29, 0.717) is 18.7 Å². The number of fused-ring (bicyclic) bond motifs is 1. The number of thiophene rings is 1. The second kappa shape index (κ2) is 8.02. The predicted molar refractivity (Wildman–Crippen MR) is 107 cm³/mol. The van der Waals surface area contributed by atoms with Crippen molar-refractivity contribution in [3.05, 3.63) is 52.7 Å². The molecule has 1 atom stereocenters. The summed E-state index contributed by atoms with van der Waals surface area (Å²) in [5, 5.41) is 7.36. The van der Waals surface area contributed by atoms with Crippen molar-refractivity contribution in [2.75, 3.05) is 18.5 Å². The molecule has 2 N–H and O–H groups in total. The molecule has 1 unspecified atom stereocenters. The molecule has 3 heterocycles. The molecule has 1 amide bonds. The van der Waals surface area contributed by atoms with E-state index in [1.54, 1.807) is 17.7 Å². The fraction of sp³-hybridized carbons (Fsp3) is 0.350. The fourth-order valence-electron chi connectivity index (χ4n) is 3.19. The standard InChI is InChI=1S/C20H22N4O2S/c1-13-9-17-18(23-12-24-20(17)27-13)21-10-14-4-6-15(7-5-14)19(25)22-11-16-3-2-8-26-16/h4-7,9,12,16H,2-3,8,10-11H2,1H3,(H,22,25)(H,21,23,24). The average molecular weight is 382 g/mol. The van der Waals surface area contributed by atoms with Gasteiger partial charge in [0.1, 0.15) is 17.0 Å². The Morgan fingerprint density at radius 2 is 2.15 bits per heavy atom. The Hall–Kier alpha value is -2.51. The molecular formula is C20H22N4O2S. The molecule has 7 heteroatoms. The van der Waals surface area contributed by atoms with Gasteiger partial charge in [0.2, 0.25) is 0 Å². The summed E-state index contributed by atoms with van der Waals surface area (Å²) in [6.45, 7) is 4.08. The van der Waals surface area contributed by atoms with Gasteiger partial charge >= 0.3 is 0 Å². The van der Waals surface area contributed by atoms with Crippen molar-refractivity contribution in [1.82, 2.24) is 15.3 Å². The lowest BCUT2D eigenvalue weighted by Gasteiger charge is -2.11. The number of rotatable bonds is 6. The first-order valence-electron chi connectivity index (χ1n) is 9.13. The third-order valence-electron chi connectivity index (χ3n) is 4.64. The van der Waals surface area contributed by atoms with Gasteiger partial charge in [-0.05, 0) is 43.5 Å². The molecule has 0 spiro atoms. The van der Waals surface area contributed by atoms with Crippen LogP contribution in [0.4, 0.5) is 5.82 Å². The summed E-state index contributed by atoms with van der Waals surface area (Å²) >= 11 is 1.66. The third-order valence-corrected chi connectivity index (χ3v) is 5.60. The number of ether oxygens (including phenoxy) is 1. The number of benzene rings is 1. The van der Waals surface area contributed by atoms with Gasteiger partial charge in [0.05, 0.1) is 11.5 Å². The minimum absolute atomic E-state index is 0.0590. The normalized spacial score (nSPS) is 16.6. The molecule has 0 bridgehead atoms. The van der Waals surface area contributed by atoms with Crippen molar-refractivity contribution in [2.45, 2.75) is 32.4 Å². The Morgan fingerprint density at radius 3 is 2.93 bits per heavy atom. The number of anilines is 1. The van der Waals surface area contributed by atoms with E-state index in [1.807, 2.05) is 24.3 Å². The molecule has 0 saturated carbocycles. The summed E-state index contributed by atoms with van der Waals surface area (Å²) in [6.07, 6.45) is 3.83. The number of nitrogens with zero attached hydrogens (tertiary/aromatic N) is 2. The van der Waals surface area contributed by atoms with E-state index in [4.69, 9.17) is 4.74 Å². The number of hydrogen-bond acceptors (Lipinski definition) is 6. The summed E-state index contributed by atoms with van der Waals surface area (Å²) in [5.74, 6) is 0.777. The minimum Gasteiger partial charge on any atom is -0.376 e. The highest BCUT2D eigenvalue weighted by atomic mass is 32.1. The van der Waals surface area contributed by atoms with Crippen molar-refractivity contribution in [3.8, 4) is 0 Å². The molecule has 1 aromatic carbocycles. The Kier molecular flexibility index (Phi) is 5.31. The summed E-state index contributed by atoms with van der Waals surface area (Å²) in [7, 11) is 0. The lowest BCUT2D eigenvalue weighted by atomic mass is 10.1. The Labute approximate surface area is 162 Å². The van der Waals surface area contributed by atoms with Crippen LogP contribution in [0.25, 0.3) is 10.2 Å². The third kappa shape index (κ3) is 4.26. The molecule has 27 heavy (non-hydrogen) atoms. The average Bonchev–Trinajstić information content (AvgIpc) is 3.33. The highest BCUT2D eigenvalue weighted by molar-refractivity contribution is 7.18. The van der Waals surface area contributed by atoms with Gasteiger partial charge in [-0.1, -0.05) is 12.1 Å². The highest BCUT2D eigenvalue weighted by Crippen LogP contribution is 2.27. The van der Waals surface area contributed by atoms with Crippen molar-refractivity contribution in [3.63, 3.8) is 0 Å². The molecule has 4 rings (SSSR count). The predicted octanol–water partition coefficient (Wildman–Crippen LogP) is 3.52. The van der Waals surface area contributed by atoms with E-state index < -0.39 is 0 Å². The molecule has 1 saturated heterocycles. The number of nitrogens with one attached hydrogen (secondary N) is 2. The van der Waals surface area contributed by atoms with Crippen LogP contribution in [0.15, 0.2) is 36.7 Å². The molecule has 1 fully saturated rings. The summed E-state index contributed by atoms with van der Waals surface area (Å²) in [4.78, 5) is 23.1. The van der Waals surface area contributed by atoms with Crippen LogP contribution < -0.4 is 10.6 Å². The Bertz CT molecular complexity index is 933. The van der Waals surface area contributed by atoms with Crippen molar-refractivity contribution < 1.29 is 9.53 Å². The van der Waals surface area contributed by atoms with Gasteiger partial charge in [-0.25, -0.2) is 9.97 Å². The number of carbonyl (C=O) groups excluding carboxylic acids is 1. The molecule has 2 aromatic heterocycles. The number of hydrogen-bond donors (Lipinski definition) is 2. The van der Waals surface area contributed by atoms with Crippen LogP contribution in [0.1, 0.15) is 33.6 Å². The van der Waals surface area contributed by atoms with Gasteiger partial charge in [-0.3, -0.25) is 4.79 Å². The number of aromatic nitrogens is 2. The van der Waals surface area contributed by atoms with Crippen LogP contribution in [-0.2, 0) is 11.3 Å². The van der Waals surface area contributed by atoms with Crippen LogP contribution in [-0.4, -0.2) is 35.1 Å². The molecule has 1 aliphatic rings. The first kappa shape index (κ1) is 17.9. The maximum atomic E-state index is 12.2. The molecule has 0 aliphatic carbocycles. The van der Waals surface area contributed by atoms with Crippen LogP contribution >= 0.6 is 11.3 Å². The van der Waals surface area contributed by atoms with E-state index in [9.17, 15) is 4.79 Å². The van der Waals surface area contributed by atoms with Crippen molar-refractivity contribution >= 4 is 33.3 Å². The fourth-order valence-corrected chi connectivity index (χ4v) is 4.04. The van der Waals surface area contributed by atoms with Crippen LogP contribution in [0.2, 0.25) is 0 Å². The van der Waals surface area contributed by atoms with Crippen LogP contribution in [0.3, 0.4) is 0 Å². The van der Waals surface area contributed by atoms with Crippen LogP contribution in [0, 0.1) is 6.92 Å². The number of aryl methyl sites for hydroxylation is 1. The van der Waals surface area contributed by atoms with Gasteiger partial charge in [-0.15, -0.1) is 11.3 Å². The van der Waals surface area contributed by atoms with E-state index in [2.05, 4.69) is 33.6 Å².